The molecule has 0 aromatic heterocycles. The van der Waals surface area contributed by atoms with Crippen molar-refractivity contribution in [2.24, 2.45) is 0 Å². The van der Waals surface area contributed by atoms with Gasteiger partial charge in [0.05, 0.1) is 4.92 Å². The number of hydrogen-bond acceptors (Lipinski definition) is 5. The summed E-state index contributed by atoms with van der Waals surface area (Å²) in [7, 11) is 1.15. The van der Waals surface area contributed by atoms with Gasteiger partial charge in [-0.3, -0.25) is 14.9 Å². The third-order valence-corrected chi connectivity index (χ3v) is 2.15. The minimum absolute atomic E-state index is 0.0378. The van der Waals surface area contributed by atoms with Gasteiger partial charge in [-0.2, -0.15) is 0 Å². The largest absolute Gasteiger partial charge is 0.479 e. The molecular weight excluding hydrogens is 230 g/mol. The maximum atomic E-state index is 10.9. The molecule has 0 aliphatic carbocycles. The van der Waals surface area contributed by atoms with Crippen molar-refractivity contribution in [3.63, 3.8) is 0 Å². The van der Waals surface area contributed by atoms with E-state index in [9.17, 15) is 19.7 Å². The molecule has 7 nitrogen and oxygen atoms in total. The van der Waals surface area contributed by atoms with Gasteiger partial charge in [-0.15, -0.1) is 0 Å². The first-order valence-electron chi connectivity index (χ1n) is 4.50. The number of nitrogens with zero attached hydrogens (tertiary/aromatic N) is 1. The number of nitro benzene ring substituents is 1. The molecule has 0 bridgehead atoms. The summed E-state index contributed by atoms with van der Waals surface area (Å²) in [4.78, 5) is 31.5. The lowest BCUT2D eigenvalue weighted by Gasteiger charge is -2.12. The fourth-order valence-electron chi connectivity index (χ4n) is 1.37. The molecule has 0 radical (unpaired) electrons. The van der Waals surface area contributed by atoms with Crippen LogP contribution in [0.2, 0.25) is 0 Å². The van der Waals surface area contributed by atoms with Crippen LogP contribution in [-0.2, 0) is 9.53 Å². The normalized spacial score (nSPS) is 11.8. The molecule has 0 saturated heterocycles. The minimum atomic E-state index is -1.41. The number of rotatable bonds is 5. The molecule has 1 aromatic carbocycles. The number of benzene rings is 1. The minimum Gasteiger partial charge on any atom is -0.479 e. The maximum absolute atomic E-state index is 10.9. The molecule has 90 valence electrons. The monoisotopic (exact) mass is 239 g/mol. The highest BCUT2D eigenvalue weighted by atomic mass is 16.6. The molecule has 0 saturated carbocycles. The van der Waals surface area contributed by atoms with E-state index in [1.165, 1.54) is 6.07 Å². The molecule has 0 aliphatic heterocycles. The molecule has 0 amide bonds. The molecule has 1 N–H and O–H groups in total. The summed E-state index contributed by atoms with van der Waals surface area (Å²) in [5.74, 6) is -1.32. The Morgan fingerprint density at radius 1 is 1.59 bits per heavy atom. The van der Waals surface area contributed by atoms with Crippen molar-refractivity contribution in [2.75, 3.05) is 7.11 Å². The predicted molar refractivity (Wildman–Crippen MR) is 55.9 cm³/mol. The molecule has 0 fully saturated rings. The van der Waals surface area contributed by atoms with Crippen LogP contribution in [-0.4, -0.2) is 29.4 Å². The second-order valence-corrected chi connectivity index (χ2v) is 3.14. The van der Waals surface area contributed by atoms with Crippen molar-refractivity contribution in [2.45, 2.75) is 6.10 Å². The van der Waals surface area contributed by atoms with E-state index < -0.39 is 17.0 Å². The lowest BCUT2D eigenvalue weighted by atomic mass is 10.0. The van der Waals surface area contributed by atoms with Crippen LogP contribution in [0.5, 0.6) is 0 Å². The van der Waals surface area contributed by atoms with Gasteiger partial charge in [0.1, 0.15) is 6.29 Å². The van der Waals surface area contributed by atoms with E-state index in [1.807, 2.05) is 0 Å². The average Bonchev–Trinajstić information content (AvgIpc) is 2.29. The fourth-order valence-corrected chi connectivity index (χ4v) is 1.37. The maximum Gasteiger partial charge on any atom is 0.337 e. The summed E-state index contributed by atoms with van der Waals surface area (Å²) in [6, 6.07) is 3.34. The number of nitro groups is 1. The van der Waals surface area contributed by atoms with Crippen molar-refractivity contribution in [3.8, 4) is 0 Å². The lowest BCUT2D eigenvalue weighted by molar-refractivity contribution is -0.385. The van der Waals surface area contributed by atoms with Gasteiger partial charge in [0.15, 0.2) is 6.10 Å². The van der Waals surface area contributed by atoms with Gasteiger partial charge in [0.25, 0.3) is 5.69 Å². The number of carboxylic acids is 1. The van der Waals surface area contributed by atoms with Gasteiger partial charge in [-0.05, 0) is 6.07 Å². The first kappa shape index (κ1) is 12.8. The molecule has 7 heteroatoms. The molecule has 1 unspecified atom stereocenters. The first-order chi connectivity index (χ1) is 8.01. The molecule has 0 aliphatic rings. The van der Waals surface area contributed by atoms with Gasteiger partial charge in [0, 0.05) is 30.4 Å². The zero-order valence-electron chi connectivity index (χ0n) is 8.82. The molecule has 0 spiro atoms. The van der Waals surface area contributed by atoms with Crippen LogP contribution >= 0.6 is 0 Å². The van der Waals surface area contributed by atoms with Crippen LogP contribution in [0.4, 0.5) is 5.69 Å². The smallest absolute Gasteiger partial charge is 0.337 e. The van der Waals surface area contributed by atoms with Crippen LogP contribution in [0.1, 0.15) is 22.0 Å². The number of methoxy groups -OCH3 is 1. The Labute approximate surface area is 95.8 Å². The van der Waals surface area contributed by atoms with E-state index in [0.29, 0.717) is 6.29 Å². The standard InChI is InChI=1S/C10H9NO6/c1-17-9(10(13)14)8-4-7(11(15)16)3-2-6(8)5-12/h2-5,9H,1H3,(H,13,14). The van der Waals surface area contributed by atoms with Gasteiger partial charge in [-0.25, -0.2) is 4.79 Å². The topological polar surface area (TPSA) is 107 Å². The number of hydrogen-bond donors (Lipinski definition) is 1. The Morgan fingerprint density at radius 2 is 2.24 bits per heavy atom. The van der Waals surface area contributed by atoms with Crippen molar-refractivity contribution in [1.29, 1.82) is 0 Å². The zero-order valence-corrected chi connectivity index (χ0v) is 8.82. The Balaban J connectivity index is 3.35. The van der Waals surface area contributed by atoms with Crippen molar-refractivity contribution < 1.29 is 24.4 Å². The number of non-ortho nitro benzene ring substituents is 1. The molecule has 1 rings (SSSR count). The van der Waals surface area contributed by atoms with Crippen molar-refractivity contribution in [1.82, 2.24) is 0 Å². The summed E-state index contributed by atoms with van der Waals surface area (Å²) >= 11 is 0. The number of aliphatic carboxylic acids is 1. The highest BCUT2D eigenvalue weighted by molar-refractivity contribution is 5.83. The van der Waals surface area contributed by atoms with Crippen LogP contribution < -0.4 is 0 Å². The van der Waals surface area contributed by atoms with Crippen molar-refractivity contribution in [3.05, 3.63) is 39.4 Å². The van der Waals surface area contributed by atoms with Gasteiger partial charge in [0.2, 0.25) is 0 Å². The highest BCUT2D eigenvalue weighted by Gasteiger charge is 2.24. The number of ether oxygens (including phenoxy) is 1. The Bertz CT molecular complexity index is 470. The number of carboxylic acid groups (broad SMARTS) is 1. The third-order valence-electron chi connectivity index (χ3n) is 2.15. The van der Waals surface area contributed by atoms with Gasteiger partial charge >= 0.3 is 5.97 Å². The summed E-state index contributed by atoms with van der Waals surface area (Å²) in [5, 5.41) is 19.4. The second kappa shape index (κ2) is 5.17. The number of carbonyl (C=O) groups excluding carboxylic acids is 1. The lowest BCUT2D eigenvalue weighted by Crippen LogP contribution is -2.15. The summed E-state index contributed by atoms with van der Waals surface area (Å²) in [5.41, 5.74) is -0.289. The Morgan fingerprint density at radius 3 is 2.65 bits per heavy atom. The quantitative estimate of drug-likeness (QED) is 0.469. The summed E-state index contributed by atoms with van der Waals surface area (Å²) in [6.45, 7) is 0. The summed E-state index contributed by atoms with van der Waals surface area (Å²) in [6.07, 6.45) is -0.983. The predicted octanol–water partition coefficient (Wildman–Crippen LogP) is 1.18. The summed E-state index contributed by atoms with van der Waals surface area (Å²) < 4.78 is 4.69. The number of aldehydes is 1. The zero-order chi connectivity index (χ0) is 13.0. The molecular formula is C10H9NO6. The number of carbonyl (C=O) groups is 2. The second-order valence-electron chi connectivity index (χ2n) is 3.14. The van der Waals surface area contributed by atoms with Gasteiger partial charge < -0.3 is 9.84 Å². The van der Waals surface area contributed by atoms with E-state index >= 15 is 0 Å². The fraction of sp³-hybridized carbons (Fsp3) is 0.200. The van der Waals surface area contributed by atoms with E-state index in [0.717, 1.165) is 19.2 Å². The van der Waals surface area contributed by atoms with E-state index in [1.54, 1.807) is 0 Å². The van der Waals surface area contributed by atoms with Crippen molar-refractivity contribution >= 4 is 17.9 Å². The molecule has 1 atom stereocenters. The van der Waals surface area contributed by atoms with Crippen LogP contribution in [0.3, 0.4) is 0 Å². The van der Waals surface area contributed by atoms with Gasteiger partial charge in [-0.1, -0.05) is 0 Å². The Hall–Kier alpha value is -2.28. The molecule has 17 heavy (non-hydrogen) atoms. The molecule has 0 heterocycles. The van der Waals surface area contributed by atoms with E-state index in [4.69, 9.17) is 9.84 Å². The van der Waals surface area contributed by atoms with Crippen LogP contribution in [0, 0.1) is 10.1 Å². The SMILES string of the molecule is COC(C(=O)O)c1cc([N+](=O)[O-])ccc1C=O. The highest BCUT2D eigenvalue weighted by Crippen LogP contribution is 2.25. The average molecular weight is 239 g/mol. The van der Waals surface area contributed by atoms with E-state index in [2.05, 4.69) is 0 Å². The van der Waals surface area contributed by atoms with E-state index in [-0.39, 0.29) is 16.8 Å². The third kappa shape index (κ3) is 2.64. The van der Waals surface area contributed by atoms with Crippen LogP contribution in [0.25, 0.3) is 0 Å². The molecule has 1 aromatic rings. The first-order valence-corrected chi connectivity index (χ1v) is 4.50. The van der Waals surface area contributed by atoms with Crippen LogP contribution in [0.15, 0.2) is 18.2 Å². The Kier molecular flexibility index (Phi) is 3.89.